The van der Waals surface area contributed by atoms with Crippen molar-refractivity contribution in [2.24, 2.45) is 0 Å². The maximum Gasteiger partial charge on any atom is 0.0294 e. The van der Waals surface area contributed by atoms with E-state index in [-0.39, 0.29) is 0 Å². The van der Waals surface area contributed by atoms with Gasteiger partial charge in [0.25, 0.3) is 0 Å². The molecule has 1 aromatic rings. The molecule has 2 rings (SSSR count). The molecule has 1 N–H and O–H groups in total. The molecule has 2 heteroatoms. The van der Waals surface area contributed by atoms with Gasteiger partial charge in [-0.1, -0.05) is 6.07 Å². The highest BCUT2D eigenvalue weighted by atomic mass is 127. The molecule has 0 fully saturated rings. The van der Waals surface area contributed by atoms with E-state index in [1.807, 2.05) is 0 Å². The van der Waals surface area contributed by atoms with Crippen LogP contribution in [-0.4, -0.2) is 6.54 Å². The van der Waals surface area contributed by atoms with Crippen LogP contribution in [0.5, 0.6) is 0 Å². The quantitative estimate of drug-likeness (QED) is 0.716. The summed E-state index contributed by atoms with van der Waals surface area (Å²) in [5.74, 6) is 0. The van der Waals surface area contributed by atoms with Crippen LogP contribution in [0.25, 0.3) is 0 Å². The third kappa shape index (κ3) is 1.50. The van der Waals surface area contributed by atoms with Gasteiger partial charge < -0.3 is 5.32 Å². The summed E-state index contributed by atoms with van der Waals surface area (Å²) in [4.78, 5) is 0. The smallest absolute Gasteiger partial charge is 0.0294 e. The zero-order valence-corrected chi connectivity index (χ0v) is 9.26. The number of benzene rings is 1. The molecule has 0 aromatic heterocycles. The summed E-state index contributed by atoms with van der Waals surface area (Å²) in [7, 11) is 0. The molecule has 0 bridgehead atoms. The molecule has 0 spiro atoms. The molecule has 1 atom stereocenters. The summed E-state index contributed by atoms with van der Waals surface area (Å²) in [6, 6.07) is 7.26. The molecule has 0 radical (unpaired) electrons. The molecular formula is C10H12IN. The lowest BCUT2D eigenvalue weighted by atomic mass is 9.96. The van der Waals surface area contributed by atoms with Crippen molar-refractivity contribution in [2.75, 3.05) is 6.54 Å². The molecule has 64 valence electrons. The summed E-state index contributed by atoms with van der Waals surface area (Å²) in [6.45, 7) is 3.35. The van der Waals surface area contributed by atoms with Gasteiger partial charge in [-0.25, -0.2) is 0 Å². The van der Waals surface area contributed by atoms with Gasteiger partial charge in [-0.15, -0.1) is 0 Å². The average Bonchev–Trinajstić information content (AvgIpc) is 2.04. The molecule has 0 saturated carbocycles. The summed E-state index contributed by atoms with van der Waals surface area (Å²) >= 11 is 2.37. The number of halogens is 1. The fourth-order valence-electron chi connectivity index (χ4n) is 1.75. The number of fused-ring (bicyclic) bond motifs is 1. The third-order valence-corrected chi connectivity index (χ3v) is 3.09. The van der Waals surface area contributed by atoms with Crippen LogP contribution < -0.4 is 5.32 Å². The Labute approximate surface area is 86.7 Å². The Morgan fingerprint density at radius 3 is 3.17 bits per heavy atom. The monoisotopic (exact) mass is 273 g/mol. The predicted octanol–water partition coefficient (Wildman–Crippen LogP) is 2.50. The van der Waals surface area contributed by atoms with Gasteiger partial charge in [-0.05, 0) is 65.7 Å². The highest BCUT2D eigenvalue weighted by Crippen LogP contribution is 2.23. The highest BCUT2D eigenvalue weighted by Gasteiger charge is 2.14. The van der Waals surface area contributed by atoms with Crippen molar-refractivity contribution < 1.29 is 0 Å². The second-order valence-corrected chi connectivity index (χ2v) is 4.51. The van der Waals surface area contributed by atoms with Crippen molar-refractivity contribution in [3.05, 3.63) is 32.9 Å². The standard InChI is InChI=1S/C10H12IN/c1-7-10-3-2-9(11)6-8(10)4-5-12-7/h2-3,6-7,12H,4-5H2,1H3/t7-/m0/s1. The Morgan fingerprint density at radius 2 is 2.33 bits per heavy atom. The average molecular weight is 273 g/mol. The lowest BCUT2D eigenvalue weighted by Gasteiger charge is -2.23. The first-order chi connectivity index (χ1) is 5.77. The Balaban J connectivity index is 2.46. The second kappa shape index (κ2) is 3.34. The fourth-order valence-corrected chi connectivity index (χ4v) is 2.30. The van der Waals surface area contributed by atoms with Gasteiger partial charge in [0, 0.05) is 9.61 Å². The van der Waals surface area contributed by atoms with E-state index in [1.165, 1.54) is 21.1 Å². The first-order valence-corrected chi connectivity index (χ1v) is 5.37. The molecule has 1 nitrogen and oxygen atoms in total. The van der Waals surface area contributed by atoms with E-state index in [0.717, 1.165) is 6.54 Å². The molecule has 1 aliphatic rings. The van der Waals surface area contributed by atoms with E-state index >= 15 is 0 Å². The van der Waals surface area contributed by atoms with Crippen LogP contribution in [-0.2, 0) is 6.42 Å². The zero-order valence-electron chi connectivity index (χ0n) is 7.10. The minimum absolute atomic E-state index is 0.533. The Kier molecular flexibility index (Phi) is 2.37. The van der Waals surface area contributed by atoms with E-state index < -0.39 is 0 Å². The second-order valence-electron chi connectivity index (χ2n) is 3.27. The zero-order chi connectivity index (χ0) is 8.55. The maximum absolute atomic E-state index is 3.46. The molecule has 0 aliphatic carbocycles. The van der Waals surface area contributed by atoms with Gasteiger partial charge in [-0.3, -0.25) is 0 Å². The molecule has 0 amide bonds. The Hall–Kier alpha value is -0.0900. The van der Waals surface area contributed by atoms with Crippen LogP contribution in [0.3, 0.4) is 0 Å². The van der Waals surface area contributed by atoms with E-state index in [0.29, 0.717) is 6.04 Å². The van der Waals surface area contributed by atoms with Gasteiger partial charge in [0.15, 0.2) is 0 Å². The van der Waals surface area contributed by atoms with Crippen LogP contribution in [0.4, 0.5) is 0 Å². The number of hydrogen-bond donors (Lipinski definition) is 1. The minimum Gasteiger partial charge on any atom is -0.310 e. The van der Waals surface area contributed by atoms with Gasteiger partial charge >= 0.3 is 0 Å². The molecule has 12 heavy (non-hydrogen) atoms. The van der Waals surface area contributed by atoms with E-state index in [4.69, 9.17) is 0 Å². The Morgan fingerprint density at radius 1 is 1.50 bits per heavy atom. The maximum atomic E-state index is 3.46. The fraction of sp³-hybridized carbons (Fsp3) is 0.400. The summed E-state index contributed by atoms with van der Waals surface area (Å²) in [5.41, 5.74) is 3.00. The van der Waals surface area contributed by atoms with Crippen LogP contribution in [0.15, 0.2) is 18.2 Å². The molecule has 1 aliphatic heterocycles. The summed E-state index contributed by atoms with van der Waals surface area (Å²) in [5, 5.41) is 3.46. The summed E-state index contributed by atoms with van der Waals surface area (Å²) < 4.78 is 1.35. The first-order valence-electron chi connectivity index (χ1n) is 4.29. The molecule has 0 saturated heterocycles. The van der Waals surface area contributed by atoms with Crippen LogP contribution in [0.2, 0.25) is 0 Å². The van der Waals surface area contributed by atoms with Crippen molar-refractivity contribution in [1.82, 2.24) is 5.32 Å². The third-order valence-electron chi connectivity index (χ3n) is 2.42. The number of rotatable bonds is 0. The van der Waals surface area contributed by atoms with E-state index in [2.05, 4.69) is 53.0 Å². The molecular weight excluding hydrogens is 261 g/mol. The largest absolute Gasteiger partial charge is 0.310 e. The number of nitrogens with one attached hydrogen (secondary N) is 1. The number of hydrogen-bond acceptors (Lipinski definition) is 1. The van der Waals surface area contributed by atoms with Crippen LogP contribution in [0, 0.1) is 3.57 Å². The van der Waals surface area contributed by atoms with Crippen LogP contribution in [0.1, 0.15) is 24.1 Å². The van der Waals surface area contributed by atoms with Crippen molar-refractivity contribution in [3.8, 4) is 0 Å². The highest BCUT2D eigenvalue weighted by molar-refractivity contribution is 14.1. The SMILES string of the molecule is C[C@@H]1NCCc2cc(I)ccc21. The molecule has 1 heterocycles. The minimum atomic E-state index is 0.533. The van der Waals surface area contributed by atoms with Gasteiger partial charge in [-0.2, -0.15) is 0 Å². The summed E-state index contributed by atoms with van der Waals surface area (Å²) in [6.07, 6.45) is 1.18. The van der Waals surface area contributed by atoms with Crippen molar-refractivity contribution >= 4 is 22.6 Å². The first kappa shape index (κ1) is 8.51. The van der Waals surface area contributed by atoms with Crippen molar-refractivity contribution in [1.29, 1.82) is 0 Å². The van der Waals surface area contributed by atoms with E-state index in [9.17, 15) is 0 Å². The predicted molar refractivity (Wildman–Crippen MR) is 59.3 cm³/mol. The van der Waals surface area contributed by atoms with E-state index in [1.54, 1.807) is 0 Å². The normalized spacial score (nSPS) is 22.0. The van der Waals surface area contributed by atoms with Gasteiger partial charge in [0.2, 0.25) is 0 Å². The molecule has 0 unspecified atom stereocenters. The topological polar surface area (TPSA) is 12.0 Å². The Bertz CT molecular complexity index is 296. The lowest BCUT2D eigenvalue weighted by molar-refractivity contribution is 0.541. The van der Waals surface area contributed by atoms with Gasteiger partial charge in [0.05, 0.1) is 0 Å². The lowest BCUT2D eigenvalue weighted by Crippen LogP contribution is -2.27. The van der Waals surface area contributed by atoms with Crippen LogP contribution >= 0.6 is 22.6 Å². The van der Waals surface area contributed by atoms with Crippen molar-refractivity contribution in [3.63, 3.8) is 0 Å². The van der Waals surface area contributed by atoms with Gasteiger partial charge in [0.1, 0.15) is 0 Å². The van der Waals surface area contributed by atoms with Crippen molar-refractivity contribution in [2.45, 2.75) is 19.4 Å². The molecule has 1 aromatic carbocycles.